The number of carbonyl (C=O) groups excluding carboxylic acids is 2. The summed E-state index contributed by atoms with van der Waals surface area (Å²) in [6, 6.07) is 14.0. The Bertz CT molecular complexity index is 1070. The van der Waals surface area contributed by atoms with E-state index in [1.807, 2.05) is 0 Å². The van der Waals surface area contributed by atoms with Crippen LogP contribution < -0.4 is 10.6 Å². The first-order chi connectivity index (χ1) is 14.3. The topological polar surface area (TPSA) is 76.0 Å². The van der Waals surface area contributed by atoms with Crippen LogP contribution in [0.1, 0.15) is 28.9 Å². The zero-order valence-corrected chi connectivity index (χ0v) is 15.6. The molecule has 1 aliphatic carbocycles. The predicted molar refractivity (Wildman–Crippen MR) is 104 cm³/mol. The lowest BCUT2D eigenvalue weighted by Crippen LogP contribution is -2.20. The van der Waals surface area contributed by atoms with Crippen molar-refractivity contribution in [3.05, 3.63) is 72.1 Å². The van der Waals surface area contributed by atoms with E-state index in [1.165, 1.54) is 24.3 Å². The molecule has 0 aliphatic heterocycles. The Hall–Kier alpha value is -3.62. The van der Waals surface area contributed by atoms with Crippen molar-refractivity contribution in [3.63, 3.8) is 0 Å². The molecule has 3 aromatic rings. The normalized spacial score (nSPS) is 13.7. The largest absolute Gasteiger partial charge is 0.434 e. The number of nitrogens with one attached hydrogen (secondary N) is 2. The summed E-state index contributed by atoms with van der Waals surface area (Å²) < 4.78 is 41.8. The van der Waals surface area contributed by atoms with E-state index in [2.05, 4.69) is 15.7 Å². The molecule has 30 heavy (non-hydrogen) atoms. The maximum atomic E-state index is 13.7. The third-order valence-corrected chi connectivity index (χ3v) is 4.64. The van der Waals surface area contributed by atoms with Crippen LogP contribution in [0.25, 0.3) is 5.69 Å². The highest BCUT2D eigenvalue weighted by molar-refractivity contribution is 6.05. The molecule has 1 aliphatic rings. The summed E-state index contributed by atoms with van der Waals surface area (Å²) in [5.41, 5.74) is -0.695. The fourth-order valence-electron chi connectivity index (χ4n) is 2.98. The number of hydrogen-bond donors (Lipinski definition) is 2. The van der Waals surface area contributed by atoms with Gasteiger partial charge in [-0.3, -0.25) is 9.59 Å². The second-order valence-electron chi connectivity index (χ2n) is 6.95. The van der Waals surface area contributed by atoms with Crippen LogP contribution in [0.2, 0.25) is 0 Å². The van der Waals surface area contributed by atoms with E-state index in [0.717, 1.165) is 19.0 Å². The van der Waals surface area contributed by atoms with Crippen molar-refractivity contribution >= 4 is 23.2 Å². The minimum atomic E-state index is -4.78. The van der Waals surface area contributed by atoms with E-state index in [-0.39, 0.29) is 17.5 Å². The van der Waals surface area contributed by atoms with Gasteiger partial charge in [0, 0.05) is 17.3 Å². The molecule has 0 radical (unpaired) electrons. The van der Waals surface area contributed by atoms with Gasteiger partial charge in [0.15, 0.2) is 5.69 Å². The van der Waals surface area contributed by atoms with E-state index >= 15 is 0 Å². The first kappa shape index (κ1) is 19.7. The van der Waals surface area contributed by atoms with E-state index in [0.29, 0.717) is 16.1 Å². The molecule has 154 valence electrons. The Morgan fingerprint density at radius 2 is 1.53 bits per heavy atom. The van der Waals surface area contributed by atoms with Gasteiger partial charge in [0.2, 0.25) is 5.91 Å². The molecule has 1 saturated carbocycles. The van der Waals surface area contributed by atoms with Crippen molar-refractivity contribution in [2.75, 3.05) is 10.6 Å². The van der Waals surface area contributed by atoms with Gasteiger partial charge in [-0.05, 0) is 49.2 Å². The highest BCUT2D eigenvalue weighted by Crippen LogP contribution is 2.34. The summed E-state index contributed by atoms with van der Waals surface area (Å²) in [6.07, 6.45) is -2.14. The van der Waals surface area contributed by atoms with Gasteiger partial charge >= 0.3 is 6.18 Å². The van der Waals surface area contributed by atoms with Crippen molar-refractivity contribution in [2.24, 2.45) is 5.92 Å². The van der Waals surface area contributed by atoms with Gasteiger partial charge in [0.25, 0.3) is 5.91 Å². The molecule has 2 aromatic carbocycles. The number of benzene rings is 2. The molecule has 4 rings (SSSR count). The lowest BCUT2D eigenvalue weighted by atomic mass is 10.2. The highest BCUT2D eigenvalue weighted by Gasteiger charge is 2.40. The van der Waals surface area contributed by atoms with Gasteiger partial charge in [-0.1, -0.05) is 18.2 Å². The molecule has 6 nitrogen and oxygen atoms in total. The van der Waals surface area contributed by atoms with E-state index in [9.17, 15) is 22.8 Å². The lowest BCUT2D eigenvalue weighted by Gasteiger charge is -2.13. The summed E-state index contributed by atoms with van der Waals surface area (Å²) in [7, 11) is 0. The number of halogens is 3. The van der Waals surface area contributed by atoms with Crippen LogP contribution in [0.3, 0.4) is 0 Å². The van der Waals surface area contributed by atoms with Gasteiger partial charge in [-0.15, -0.1) is 0 Å². The smallest absolute Gasteiger partial charge is 0.326 e. The van der Waals surface area contributed by atoms with Crippen molar-refractivity contribution in [2.45, 2.75) is 19.0 Å². The summed E-state index contributed by atoms with van der Waals surface area (Å²) in [5.74, 6) is -0.944. The third-order valence-electron chi connectivity index (χ3n) is 4.64. The Kier molecular flexibility index (Phi) is 5.03. The summed E-state index contributed by atoms with van der Waals surface area (Å²) in [4.78, 5) is 24.3. The molecule has 1 aromatic heterocycles. The number of amides is 2. The molecule has 2 amide bonds. The van der Waals surface area contributed by atoms with Gasteiger partial charge in [0.1, 0.15) is 0 Å². The van der Waals surface area contributed by atoms with Crippen molar-refractivity contribution in [1.29, 1.82) is 0 Å². The standard InChI is InChI=1S/C21H17F3N4O2/c22-21(23,24)18-17(12-25-28(18)16-4-2-1-3-5-16)20(30)27-15-10-8-14(9-11-15)26-19(29)13-6-7-13/h1-5,8-13H,6-7H2,(H,26,29)(H,27,30). The number of rotatable bonds is 5. The molecule has 1 fully saturated rings. The quantitative estimate of drug-likeness (QED) is 0.646. The number of aromatic nitrogens is 2. The van der Waals surface area contributed by atoms with Crippen LogP contribution in [0.4, 0.5) is 24.5 Å². The average molecular weight is 414 g/mol. The predicted octanol–water partition coefficient (Wildman–Crippen LogP) is 4.49. The van der Waals surface area contributed by atoms with Crippen molar-refractivity contribution in [3.8, 4) is 5.69 Å². The Morgan fingerprint density at radius 3 is 2.10 bits per heavy atom. The van der Waals surface area contributed by atoms with Gasteiger partial charge in [0.05, 0.1) is 17.4 Å². The van der Waals surface area contributed by atoms with Crippen molar-refractivity contribution < 1.29 is 22.8 Å². The molecule has 0 spiro atoms. The van der Waals surface area contributed by atoms with Gasteiger partial charge < -0.3 is 10.6 Å². The molecule has 0 saturated heterocycles. The summed E-state index contributed by atoms with van der Waals surface area (Å²) in [5, 5.41) is 8.97. The first-order valence-corrected chi connectivity index (χ1v) is 9.26. The Morgan fingerprint density at radius 1 is 0.933 bits per heavy atom. The van der Waals surface area contributed by atoms with Gasteiger partial charge in [-0.2, -0.15) is 18.3 Å². The first-order valence-electron chi connectivity index (χ1n) is 9.26. The Labute approximate surface area is 169 Å². The monoisotopic (exact) mass is 414 g/mol. The zero-order valence-electron chi connectivity index (χ0n) is 15.6. The highest BCUT2D eigenvalue weighted by atomic mass is 19.4. The summed E-state index contributed by atoms with van der Waals surface area (Å²) >= 11 is 0. The minimum Gasteiger partial charge on any atom is -0.326 e. The van der Waals surface area contributed by atoms with Crippen LogP contribution >= 0.6 is 0 Å². The van der Waals surface area contributed by atoms with Crippen LogP contribution in [0.5, 0.6) is 0 Å². The van der Waals surface area contributed by atoms with Crippen LogP contribution in [0, 0.1) is 5.92 Å². The Balaban J connectivity index is 1.54. The number of carbonyl (C=O) groups is 2. The molecular formula is C21H17F3N4O2. The molecule has 2 N–H and O–H groups in total. The molecular weight excluding hydrogens is 397 g/mol. The van der Waals surface area contributed by atoms with Crippen molar-refractivity contribution in [1.82, 2.24) is 9.78 Å². The van der Waals surface area contributed by atoms with E-state index < -0.39 is 23.3 Å². The zero-order chi connectivity index (χ0) is 21.3. The van der Waals surface area contributed by atoms with Gasteiger partial charge in [-0.25, -0.2) is 4.68 Å². The summed E-state index contributed by atoms with van der Waals surface area (Å²) in [6.45, 7) is 0. The molecule has 9 heteroatoms. The molecule has 1 heterocycles. The SMILES string of the molecule is O=C(Nc1ccc(NC(=O)C2CC2)cc1)c1cnn(-c2ccccc2)c1C(F)(F)F. The molecule has 0 unspecified atom stereocenters. The lowest BCUT2D eigenvalue weighted by molar-refractivity contribution is -0.143. The number of alkyl halides is 3. The van der Waals surface area contributed by atoms with Crippen LogP contribution in [-0.4, -0.2) is 21.6 Å². The number of para-hydroxylation sites is 1. The molecule has 0 atom stereocenters. The number of hydrogen-bond acceptors (Lipinski definition) is 3. The number of anilines is 2. The van der Waals surface area contributed by atoms with Crippen LogP contribution in [0.15, 0.2) is 60.8 Å². The molecule has 0 bridgehead atoms. The second kappa shape index (κ2) is 7.66. The third kappa shape index (κ3) is 4.19. The maximum absolute atomic E-state index is 13.7. The second-order valence-corrected chi connectivity index (χ2v) is 6.95. The van der Waals surface area contributed by atoms with E-state index in [1.54, 1.807) is 30.3 Å². The van der Waals surface area contributed by atoms with E-state index in [4.69, 9.17) is 0 Å². The minimum absolute atomic E-state index is 0.0475. The number of nitrogens with zero attached hydrogens (tertiary/aromatic N) is 2. The average Bonchev–Trinajstić information content (AvgIpc) is 3.47. The fraction of sp³-hybridized carbons (Fsp3) is 0.190. The van der Waals surface area contributed by atoms with Crippen LogP contribution in [-0.2, 0) is 11.0 Å². The fourth-order valence-corrected chi connectivity index (χ4v) is 2.98. The maximum Gasteiger partial charge on any atom is 0.434 e.